The fraction of sp³-hybridized carbons (Fsp3) is 0.212. The highest BCUT2D eigenvalue weighted by molar-refractivity contribution is 7.95. The lowest BCUT2D eigenvalue weighted by molar-refractivity contribution is -0.00000805. The Hall–Kier alpha value is -2.51. The first-order valence-electron chi connectivity index (χ1n) is 12.4. The highest BCUT2D eigenvalue weighted by Crippen LogP contribution is 2.56. The molecular weight excluding hydrogens is 523 g/mol. The van der Waals surface area contributed by atoms with Gasteiger partial charge in [0, 0.05) is 13.0 Å². The van der Waals surface area contributed by atoms with Crippen LogP contribution in [0.15, 0.2) is 133 Å². The van der Waals surface area contributed by atoms with Gasteiger partial charge in [0.2, 0.25) is 0 Å². The summed E-state index contributed by atoms with van der Waals surface area (Å²) in [5, 5.41) is 4.26. The van der Waals surface area contributed by atoms with E-state index in [2.05, 4.69) is 141 Å². The maximum atomic E-state index is 5.97. The number of ether oxygens (including phenoxy) is 1. The summed E-state index contributed by atoms with van der Waals surface area (Å²) in [6, 6.07) is 44.0. The predicted octanol–water partition coefficient (Wildman–Crippen LogP) is 3.82. The number of hydrogen-bond donors (Lipinski definition) is 0. The van der Waals surface area contributed by atoms with E-state index in [1.54, 1.807) is 0 Å². The van der Waals surface area contributed by atoms with Gasteiger partial charge in [-0.1, -0.05) is 97.9 Å². The molecule has 3 heteroatoms. The van der Waals surface area contributed by atoms with Gasteiger partial charge in [0.1, 0.15) is 23.2 Å². The molecule has 0 spiro atoms. The Labute approximate surface area is 228 Å². The van der Waals surface area contributed by atoms with Crippen molar-refractivity contribution in [1.82, 2.24) is 0 Å². The first kappa shape index (κ1) is 28.1. The van der Waals surface area contributed by atoms with Crippen LogP contribution in [0.2, 0.25) is 0 Å². The zero-order valence-corrected chi connectivity index (χ0v) is 23.9. The summed E-state index contributed by atoms with van der Waals surface area (Å²) < 4.78 is 5.97. The molecule has 0 bridgehead atoms. The molecule has 1 nitrogen and oxygen atoms in total. The topological polar surface area (TPSA) is 9.23 Å². The van der Waals surface area contributed by atoms with Gasteiger partial charge in [-0.25, -0.2) is 0 Å². The summed E-state index contributed by atoms with van der Waals surface area (Å²) in [5.74, 6) is 0.310. The SMILES string of the molecule is CO[C@@H](Cc1ccccc1)[C@@H](C)/C=C(\C)C[P+](c1ccccc1)(c1ccccc1)c1ccccc1.[Br-]. The van der Waals surface area contributed by atoms with Crippen molar-refractivity contribution in [1.29, 1.82) is 0 Å². The van der Waals surface area contributed by atoms with Gasteiger partial charge >= 0.3 is 0 Å². The Balaban J connectivity index is 0.00000361. The van der Waals surface area contributed by atoms with Gasteiger partial charge in [-0.15, -0.1) is 0 Å². The molecule has 4 rings (SSSR count). The van der Waals surface area contributed by atoms with Crippen molar-refractivity contribution in [2.75, 3.05) is 13.3 Å². The molecule has 0 radical (unpaired) electrons. The van der Waals surface area contributed by atoms with E-state index in [0.717, 1.165) is 12.6 Å². The quantitative estimate of drug-likeness (QED) is 0.212. The van der Waals surface area contributed by atoms with Crippen LogP contribution >= 0.6 is 7.26 Å². The van der Waals surface area contributed by atoms with Gasteiger partial charge in [-0.2, -0.15) is 0 Å². The van der Waals surface area contributed by atoms with E-state index in [4.69, 9.17) is 4.74 Å². The lowest BCUT2D eigenvalue weighted by atomic mass is 9.96. The number of allylic oxidation sites excluding steroid dienone is 1. The van der Waals surface area contributed by atoms with Crippen LogP contribution in [0.1, 0.15) is 19.4 Å². The average Bonchev–Trinajstić information content (AvgIpc) is 2.92. The Bertz CT molecular complexity index is 1100. The van der Waals surface area contributed by atoms with Crippen LogP contribution in [-0.4, -0.2) is 19.4 Å². The molecule has 0 aliphatic heterocycles. The standard InChI is InChI=1S/C33H36OP.BrH/c1-27(24-28(2)33(34-3)25-29-16-8-4-9-17-29)26-35(30-18-10-5-11-19-30,31-20-12-6-13-21-31)32-22-14-7-15-23-32;/h4-24,28,33H,25-26H2,1-3H3;1H/q+1;/p-1/b27-24+;/t28-,33-;/m0./s1. The molecule has 0 fully saturated rings. The van der Waals surface area contributed by atoms with E-state index < -0.39 is 7.26 Å². The minimum atomic E-state index is -1.88. The highest BCUT2D eigenvalue weighted by Gasteiger charge is 2.45. The summed E-state index contributed by atoms with van der Waals surface area (Å²) in [6.07, 6.45) is 4.52. The molecule has 0 saturated heterocycles. The van der Waals surface area contributed by atoms with Gasteiger partial charge in [-0.3, -0.25) is 0 Å². The van der Waals surface area contributed by atoms with E-state index in [1.807, 2.05) is 7.11 Å². The molecule has 0 N–H and O–H groups in total. The van der Waals surface area contributed by atoms with E-state index >= 15 is 0 Å². The van der Waals surface area contributed by atoms with Gasteiger partial charge < -0.3 is 21.7 Å². The van der Waals surface area contributed by atoms with Crippen molar-refractivity contribution in [2.45, 2.75) is 26.4 Å². The number of rotatable bonds is 10. The molecule has 0 amide bonds. The molecule has 0 unspecified atom stereocenters. The van der Waals surface area contributed by atoms with Crippen molar-refractivity contribution >= 4 is 23.2 Å². The third-order valence-corrected chi connectivity index (χ3v) is 11.3. The van der Waals surface area contributed by atoms with E-state index in [0.29, 0.717) is 5.92 Å². The monoisotopic (exact) mass is 558 g/mol. The molecule has 4 aromatic carbocycles. The highest BCUT2D eigenvalue weighted by atomic mass is 79.9. The first-order valence-corrected chi connectivity index (χ1v) is 14.4. The number of halogens is 1. The average molecular weight is 560 g/mol. The second-order valence-corrected chi connectivity index (χ2v) is 12.8. The molecule has 0 aromatic heterocycles. The van der Waals surface area contributed by atoms with Crippen molar-refractivity contribution in [2.24, 2.45) is 5.92 Å². The van der Waals surface area contributed by atoms with Crippen molar-refractivity contribution < 1.29 is 21.7 Å². The predicted molar refractivity (Wildman–Crippen MR) is 154 cm³/mol. The largest absolute Gasteiger partial charge is 1.00 e. The lowest BCUT2D eigenvalue weighted by Crippen LogP contribution is -3.00. The summed E-state index contributed by atoms with van der Waals surface area (Å²) in [6.45, 7) is 4.59. The molecule has 0 aliphatic rings. The lowest BCUT2D eigenvalue weighted by Gasteiger charge is -2.29. The van der Waals surface area contributed by atoms with Crippen LogP contribution in [0.5, 0.6) is 0 Å². The fourth-order valence-electron chi connectivity index (χ4n) is 5.08. The minimum Gasteiger partial charge on any atom is -1.00 e. The third-order valence-electron chi connectivity index (χ3n) is 6.79. The van der Waals surface area contributed by atoms with Crippen LogP contribution in [-0.2, 0) is 11.2 Å². The number of methoxy groups -OCH3 is 1. The smallest absolute Gasteiger partial charge is 0.116 e. The van der Waals surface area contributed by atoms with Crippen LogP contribution in [0.25, 0.3) is 0 Å². The maximum absolute atomic E-state index is 5.97. The zero-order valence-electron chi connectivity index (χ0n) is 21.4. The summed E-state index contributed by atoms with van der Waals surface area (Å²) >= 11 is 0. The Morgan fingerprint density at radius 3 is 1.47 bits per heavy atom. The Morgan fingerprint density at radius 2 is 1.08 bits per heavy atom. The van der Waals surface area contributed by atoms with Crippen LogP contribution in [0.3, 0.4) is 0 Å². The van der Waals surface area contributed by atoms with Gasteiger partial charge in [0.15, 0.2) is 0 Å². The van der Waals surface area contributed by atoms with Gasteiger partial charge in [-0.05, 0) is 60.9 Å². The van der Waals surface area contributed by atoms with Crippen molar-refractivity contribution in [3.8, 4) is 0 Å². The fourth-order valence-corrected chi connectivity index (χ4v) is 9.42. The molecule has 0 heterocycles. The third kappa shape index (κ3) is 6.62. The molecule has 4 aromatic rings. The van der Waals surface area contributed by atoms with Crippen molar-refractivity contribution in [3.63, 3.8) is 0 Å². The van der Waals surface area contributed by atoms with Gasteiger partial charge in [0.25, 0.3) is 0 Å². The summed E-state index contributed by atoms with van der Waals surface area (Å²) in [4.78, 5) is 0. The normalized spacial score (nSPS) is 13.5. The van der Waals surface area contributed by atoms with Crippen LogP contribution < -0.4 is 32.9 Å². The van der Waals surface area contributed by atoms with E-state index in [-0.39, 0.29) is 23.1 Å². The minimum absolute atomic E-state index is 0. The molecule has 0 saturated carbocycles. The number of hydrogen-bond acceptors (Lipinski definition) is 1. The summed E-state index contributed by atoms with van der Waals surface area (Å²) in [5.41, 5.74) is 2.73. The zero-order chi connectivity index (χ0) is 24.5. The Morgan fingerprint density at radius 1 is 0.694 bits per heavy atom. The second-order valence-electron chi connectivity index (χ2n) is 9.31. The first-order chi connectivity index (χ1) is 17.1. The number of benzene rings is 4. The molecular formula is C33H36BrOP. The van der Waals surface area contributed by atoms with Crippen molar-refractivity contribution in [3.05, 3.63) is 139 Å². The van der Waals surface area contributed by atoms with Gasteiger partial charge in [0.05, 0.1) is 12.3 Å². The Kier molecular flexibility index (Phi) is 10.7. The second kappa shape index (κ2) is 13.7. The molecule has 186 valence electrons. The molecule has 2 atom stereocenters. The summed E-state index contributed by atoms with van der Waals surface area (Å²) in [7, 11) is -0.0441. The molecule has 36 heavy (non-hydrogen) atoms. The van der Waals surface area contributed by atoms with Crippen LogP contribution in [0.4, 0.5) is 0 Å². The van der Waals surface area contributed by atoms with E-state index in [9.17, 15) is 0 Å². The molecule has 0 aliphatic carbocycles. The van der Waals surface area contributed by atoms with E-state index in [1.165, 1.54) is 27.1 Å². The van der Waals surface area contributed by atoms with Crippen LogP contribution in [0, 0.1) is 5.92 Å². The maximum Gasteiger partial charge on any atom is 0.116 e.